The molecule has 0 heterocycles. The molecule has 108 valence electrons. The van der Waals surface area contributed by atoms with Crippen molar-refractivity contribution in [1.82, 2.24) is 4.90 Å². The Labute approximate surface area is 112 Å². The van der Waals surface area contributed by atoms with Crippen LogP contribution in [0.2, 0.25) is 0 Å². The zero-order valence-corrected chi connectivity index (χ0v) is 12.2. The summed E-state index contributed by atoms with van der Waals surface area (Å²) in [5.41, 5.74) is 0.151. The average molecular weight is 257 g/mol. The van der Waals surface area contributed by atoms with Crippen LogP contribution in [-0.4, -0.2) is 48.5 Å². The standard InChI is InChI=1S/C15H31NO2/c1-14-6-8-15(13-18,9-7-14)12-16(2)10-4-3-5-11-17/h14,17-18H,3-13H2,1-2H3. The van der Waals surface area contributed by atoms with Gasteiger partial charge in [-0.3, -0.25) is 0 Å². The first-order valence-electron chi connectivity index (χ1n) is 7.52. The molecular weight excluding hydrogens is 226 g/mol. The number of hydrogen-bond donors (Lipinski definition) is 2. The molecule has 3 heteroatoms. The molecule has 0 saturated heterocycles. The Morgan fingerprint density at radius 2 is 1.78 bits per heavy atom. The SMILES string of the molecule is CC1CCC(CO)(CN(C)CCCCCO)CC1. The Hall–Kier alpha value is -0.120. The Balaban J connectivity index is 2.28. The Bertz CT molecular complexity index is 213. The predicted molar refractivity (Wildman–Crippen MR) is 75.6 cm³/mol. The zero-order valence-electron chi connectivity index (χ0n) is 12.2. The number of rotatable bonds is 8. The molecule has 1 fully saturated rings. The molecule has 3 nitrogen and oxygen atoms in total. The Morgan fingerprint density at radius 3 is 2.33 bits per heavy atom. The number of nitrogens with zero attached hydrogens (tertiary/aromatic N) is 1. The van der Waals surface area contributed by atoms with Gasteiger partial charge in [0.25, 0.3) is 0 Å². The lowest BCUT2D eigenvalue weighted by Gasteiger charge is -2.40. The summed E-state index contributed by atoms with van der Waals surface area (Å²) in [4.78, 5) is 2.36. The lowest BCUT2D eigenvalue weighted by atomic mass is 9.71. The van der Waals surface area contributed by atoms with E-state index in [4.69, 9.17) is 5.11 Å². The third-order valence-electron chi connectivity index (χ3n) is 4.47. The molecule has 0 atom stereocenters. The molecule has 1 saturated carbocycles. The van der Waals surface area contributed by atoms with Crippen molar-refractivity contribution in [3.05, 3.63) is 0 Å². The van der Waals surface area contributed by atoms with Gasteiger partial charge >= 0.3 is 0 Å². The number of aliphatic hydroxyl groups is 2. The molecule has 0 amide bonds. The second-order valence-electron chi connectivity index (χ2n) is 6.36. The fourth-order valence-corrected chi connectivity index (χ4v) is 3.06. The van der Waals surface area contributed by atoms with E-state index in [2.05, 4.69) is 18.9 Å². The molecule has 1 aliphatic rings. The van der Waals surface area contributed by atoms with Crippen molar-refractivity contribution in [2.45, 2.75) is 51.9 Å². The smallest absolute Gasteiger partial charge is 0.0499 e. The van der Waals surface area contributed by atoms with E-state index in [9.17, 15) is 5.11 Å². The van der Waals surface area contributed by atoms with Crippen LogP contribution in [0, 0.1) is 11.3 Å². The minimum Gasteiger partial charge on any atom is -0.396 e. The predicted octanol–water partition coefficient (Wildman–Crippen LogP) is 2.27. The van der Waals surface area contributed by atoms with Crippen LogP contribution in [0.1, 0.15) is 51.9 Å². The lowest BCUT2D eigenvalue weighted by molar-refractivity contribution is 0.0361. The summed E-state index contributed by atoms with van der Waals surface area (Å²) in [5.74, 6) is 0.833. The third-order valence-corrected chi connectivity index (χ3v) is 4.47. The first-order chi connectivity index (χ1) is 8.62. The quantitative estimate of drug-likeness (QED) is 0.656. The van der Waals surface area contributed by atoms with E-state index in [0.717, 1.165) is 38.3 Å². The van der Waals surface area contributed by atoms with E-state index in [1.165, 1.54) is 25.7 Å². The molecule has 18 heavy (non-hydrogen) atoms. The van der Waals surface area contributed by atoms with Gasteiger partial charge in [-0.1, -0.05) is 19.8 Å². The molecule has 0 radical (unpaired) electrons. The van der Waals surface area contributed by atoms with Gasteiger partial charge in [-0.05, 0) is 51.6 Å². The van der Waals surface area contributed by atoms with Gasteiger partial charge in [-0.15, -0.1) is 0 Å². The second-order valence-corrected chi connectivity index (χ2v) is 6.36. The van der Waals surface area contributed by atoms with Gasteiger partial charge < -0.3 is 15.1 Å². The number of aliphatic hydroxyl groups excluding tert-OH is 2. The summed E-state index contributed by atoms with van der Waals surface area (Å²) in [5, 5.41) is 18.5. The van der Waals surface area contributed by atoms with E-state index in [1.807, 2.05) is 0 Å². The molecule has 0 aromatic carbocycles. The molecule has 2 N–H and O–H groups in total. The zero-order chi connectivity index (χ0) is 13.4. The highest BCUT2D eigenvalue weighted by molar-refractivity contribution is 4.86. The highest BCUT2D eigenvalue weighted by Crippen LogP contribution is 2.38. The van der Waals surface area contributed by atoms with Crippen LogP contribution in [0.25, 0.3) is 0 Å². The maximum atomic E-state index is 9.73. The maximum Gasteiger partial charge on any atom is 0.0499 e. The Kier molecular flexibility index (Phi) is 7.20. The van der Waals surface area contributed by atoms with Gasteiger partial charge in [0.05, 0.1) is 0 Å². The summed E-state index contributed by atoms with van der Waals surface area (Å²) < 4.78 is 0. The van der Waals surface area contributed by atoms with Crippen LogP contribution in [0.3, 0.4) is 0 Å². The van der Waals surface area contributed by atoms with Gasteiger partial charge in [-0.2, -0.15) is 0 Å². The van der Waals surface area contributed by atoms with Crippen LogP contribution in [0.4, 0.5) is 0 Å². The Morgan fingerprint density at radius 1 is 1.11 bits per heavy atom. The lowest BCUT2D eigenvalue weighted by Crippen LogP contribution is -2.41. The van der Waals surface area contributed by atoms with Crippen LogP contribution in [0.15, 0.2) is 0 Å². The van der Waals surface area contributed by atoms with E-state index < -0.39 is 0 Å². The van der Waals surface area contributed by atoms with Crippen molar-refractivity contribution in [3.8, 4) is 0 Å². The van der Waals surface area contributed by atoms with E-state index >= 15 is 0 Å². The minimum atomic E-state index is 0.151. The number of hydrogen-bond acceptors (Lipinski definition) is 3. The molecule has 0 aliphatic heterocycles. The first kappa shape index (κ1) is 15.9. The molecular formula is C15H31NO2. The van der Waals surface area contributed by atoms with Crippen molar-refractivity contribution < 1.29 is 10.2 Å². The highest BCUT2D eigenvalue weighted by Gasteiger charge is 2.34. The molecule has 0 aromatic heterocycles. The summed E-state index contributed by atoms with van der Waals surface area (Å²) in [6, 6.07) is 0. The summed E-state index contributed by atoms with van der Waals surface area (Å²) in [6.07, 6.45) is 8.03. The summed E-state index contributed by atoms with van der Waals surface area (Å²) in [7, 11) is 2.16. The topological polar surface area (TPSA) is 43.7 Å². The molecule has 1 aliphatic carbocycles. The average Bonchev–Trinajstić information content (AvgIpc) is 2.38. The first-order valence-corrected chi connectivity index (χ1v) is 7.52. The molecule has 1 rings (SSSR count). The van der Waals surface area contributed by atoms with Crippen LogP contribution < -0.4 is 0 Å². The number of unbranched alkanes of at least 4 members (excludes halogenated alkanes) is 2. The van der Waals surface area contributed by atoms with Gasteiger partial charge in [0.15, 0.2) is 0 Å². The molecule has 0 bridgehead atoms. The summed E-state index contributed by atoms with van der Waals surface area (Å²) >= 11 is 0. The third kappa shape index (κ3) is 5.25. The van der Waals surface area contributed by atoms with Crippen LogP contribution in [0.5, 0.6) is 0 Å². The highest BCUT2D eigenvalue weighted by atomic mass is 16.3. The van der Waals surface area contributed by atoms with Crippen molar-refractivity contribution in [2.75, 3.05) is 33.4 Å². The van der Waals surface area contributed by atoms with Crippen LogP contribution in [-0.2, 0) is 0 Å². The molecule has 0 spiro atoms. The van der Waals surface area contributed by atoms with E-state index in [-0.39, 0.29) is 5.41 Å². The normalized spacial score (nSPS) is 28.8. The maximum absolute atomic E-state index is 9.73. The van der Waals surface area contributed by atoms with Gasteiger partial charge in [0, 0.05) is 25.2 Å². The van der Waals surface area contributed by atoms with E-state index in [1.54, 1.807) is 0 Å². The fraction of sp³-hybridized carbons (Fsp3) is 1.00. The van der Waals surface area contributed by atoms with Crippen molar-refractivity contribution in [1.29, 1.82) is 0 Å². The van der Waals surface area contributed by atoms with Crippen molar-refractivity contribution in [2.24, 2.45) is 11.3 Å². The minimum absolute atomic E-state index is 0.151. The summed E-state index contributed by atoms with van der Waals surface area (Å²) in [6.45, 7) is 5.06. The van der Waals surface area contributed by atoms with Crippen LogP contribution >= 0.6 is 0 Å². The van der Waals surface area contributed by atoms with Gasteiger partial charge in [0.1, 0.15) is 0 Å². The molecule has 0 aromatic rings. The fourth-order valence-electron chi connectivity index (χ4n) is 3.06. The van der Waals surface area contributed by atoms with E-state index in [0.29, 0.717) is 13.2 Å². The second kappa shape index (κ2) is 8.13. The van der Waals surface area contributed by atoms with Gasteiger partial charge in [-0.25, -0.2) is 0 Å². The largest absolute Gasteiger partial charge is 0.396 e. The van der Waals surface area contributed by atoms with Gasteiger partial charge in [0.2, 0.25) is 0 Å². The molecule has 0 unspecified atom stereocenters. The van der Waals surface area contributed by atoms with Crippen molar-refractivity contribution >= 4 is 0 Å². The monoisotopic (exact) mass is 257 g/mol. The van der Waals surface area contributed by atoms with Crippen molar-refractivity contribution in [3.63, 3.8) is 0 Å².